The van der Waals surface area contributed by atoms with Gasteiger partial charge in [-0.25, -0.2) is 4.79 Å². The maximum atomic E-state index is 12.9. The van der Waals surface area contributed by atoms with E-state index in [1.54, 1.807) is 0 Å². The molecular formula is C22H21F6N3O3. The zero-order valence-corrected chi connectivity index (χ0v) is 17.6. The Hall–Kier alpha value is -3.44. The van der Waals surface area contributed by atoms with Crippen molar-refractivity contribution in [1.82, 2.24) is 5.32 Å². The first kappa shape index (κ1) is 25.2. The van der Waals surface area contributed by atoms with Crippen LogP contribution in [-0.2, 0) is 12.4 Å². The zero-order valence-electron chi connectivity index (χ0n) is 17.6. The molecule has 1 saturated carbocycles. The molecule has 0 aliphatic heterocycles. The smallest absolute Gasteiger partial charge is 0.416 e. The summed E-state index contributed by atoms with van der Waals surface area (Å²) >= 11 is 0. The minimum atomic E-state index is -4.64. The largest absolute Gasteiger partial charge is 0.490 e. The summed E-state index contributed by atoms with van der Waals surface area (Å²) in [5, 5.41) is 5.04. The molecule has 3 rings (SSSR count). The number of anilines is 1. The molecule has 4 N–H and O–H groups in total. The number of ether oxygens (including phenoxy) is 1. The zero-order chi connectivity index (χ0) is 25.1. The van der Waals surface area contributed by atoms with Gasteiger partial charge in [0.05, 0.1) is 22.8 Å². The van der Waals surface area contributed by atoms with Crippen molar-refractivity contribution in [2.24, 2.45) is 5.73 Å². The van der Waals surface area contributed by atoms with E-state index in [1.807, 2.05) is 0 Å². The molecule has 0 radical (unpaired) electrons. The Kier molecular flexibility index (Phi) is 7.27. The van der Waals surface area contributed by atoms with Gasteiger partial charge in [0.25, 0.3) is 5.91 Å². The average Bonchev–Trinajstić information content (AvgIpc) is 2.74. The molecule has 6 nitrogen and oxygen atoms in total. The van der Waals surface area contributed by atoms with Gasteiger partial charge in [0.15, 0.2) is 0 Å². The Morgan fingerprint density at radius 1 is 0.882 bits per heavy atom. The van der Waals surface area contributed by atoms with Crippen LogP contribution in [0.5, 0.6) is 5.75 Å². The Morgan fingerprint density at radius 2 is 1.50 bits per heavy atom. The monoisotopic (exact) mass is 489 g/mol. The van der Waals surface area contributed by atoms with Crippen LogP contribution in [0.25, 0.3) is 0 Å². The van der Waals surface area contributed by atoms with Gasteiger partial charge in [-0.15, -0.1) is 0 Å². The second-order valence-electron chi connectivity index (χ2n) is 7.84. The highest BCUT2D eigenvalue weighted by Gasteiger charge is 2.33. The third-order valence-corrected chi connectivity index (χ3v) is 5.32. The standard InChI is InChI=1S/C22H21F6N3O3/c23-21(24,25)12-2-1-3-15(10-12)31-20(33)30-14-5-7-16(8-6-14)34-18-9-4-13(22(26,27)28)11-17(18)19(29)32/h1-4,9-11,14,16H,5-8H2,(H2,29,32)(H2,30,31,33). The number of urea groups is 1. The molecule has 0 spiro atoms. The molecular weight excluding hydrogens is 468 g/mol. The molecule has 184 valence electrons. The van der Waals surface area contributed by atoms with E-state index >= 15 is 0 Å². The van der Waals surface area contributed by atoms with Crippen molar-refractivity contribution in [3.63, 3.8) is 0 Å². The van der Waals surface area contributed by atoms with Crippen molar-refractivity contribution in [1.29, 1.82) is 0 Å². The van der Waals surface area contributed by atoms with Gasteiger partial charge < -0.3 is 21.1 Å². The maximum Gasteiger partial charge on any atom is 0.416 e. The number of benzene rings is 2. The highest BCUT2D eigenvalue weighted by atomic mass is 19.4. The molecule has 0 aromatic heterocycles. The molecule has 3 amide bonds. The normalized spacial score (nSPS) is 18.8. The molecule has 0 saturated heterocycles. The summed E-state index contributed by atoms with van der Waals surface area (Å²) in [5.41, 5.74) is 2.91. The lowest BCUT2D eigenvalue weighted by Crippen LogP contribution is -2.41. The van der Waals surface area contributed by atoms with Crippen LogP contribution in [0, 0.1) is 0 Å². The van der Waals surface area contributed by atoms with Crippen LogP contribution < -0.4 is 21.1 Å². The molecule has 2 aromatic carbocycles. The molecule has 1 aliphatic rings. The van der Waals surface area contributed by atoms with E-state index in [0.717, 1.165) is 24.3 Å². The van der Waals surface area contributed by atoms with Crippen LogP contribution in [0.2, 0.25) is 0 Å². The van der Waals surface area contributed by atoms with Crippen LogP contribution in [0.3, 0.4) is 0 Å². The van der Waals surface area contributed by atoms with Crippen LogP contribution in [0.15, 0.2) is 42.5 Å². The molecule has 0 heterocycles. The molecule has 34 heavy (non-hydrogen) atoms. The van der Waals surface area contributed by atoms with E-state index in [4.69, 9.17) is 10.5 Å². The van der Waals surface area contributed by atoms with Gasteiger partial charge in [-0.3, -0.25) is 4.79 Å². The Morgan fingerprint density at radius 3 is 2.09 bits per heavy atom. The van der Waals surface area contributed by atoms with E-state index in [0.29, 0.717) is 31.7 Å². The van der Waals surface area contributed by atoms with Gasteiger partial charge >= 0.3 is 18.4 Å². The Bertz CT molecular complexity index is 1050. The van der Waals surface area contributed by atoms with Crippen molar-refractivity contribution in [2.75, 3.05) is 5.32 Å². The highest BCUT2D eigenvalue weighted by Crippen LogP contribution is 2.34. The van der Waals surface area contributed by atoms with Crippen molar-refractivity contribution in [3.8, 4) is 5.75 Å². The summed E-state index contributed by atoms with van der Waals surface area (Å²) in [7, 11) is 0. The lowest BCUT2D eigenvalue weighted by molar-refractivity contribution is -0.138. The van der Waals surface area contributed by atoms with Gasteiger partial charge in [-0.1, -0.05) is 6.07 Å². The van der Waals surface area contributed by atoms with E-state index in [9.17, 15) is 35.9 Å². The molecule has 0 bridgehead atoms. The average molecular weight is 489 g/mol. The molecule has 1 fully saturated rings. The quantitative estimate of drug-likeness (QED) is 0.496. The fourth-order valence-corrected chi connectivity index (χ4v) is 3.63. The third-order valence-electron chi connectivity index (χ3n) is 5.32. The van der Waals surface area contributed by atoms with Crippen molar-refractivity contribution in [3.05, 3.63) is 59.2 Å². The van der Waals surface area contributed by atoms with Gasteiger partial charge in [0.1, 0.15) is 5.75 Å². The number of nitrogens with one attached hydrogen (secondary N) is 2. The summed E-state index contributed by atoms with van der Waals surface area (Å²) in [4.78, 5) is 23.8. The fourth-order valence-electron chi connectivity index (χ4n) is 3.63. The topological polar surface area (TPSA) is 93.5 Å². The first-order valence-corrected chi connectivity index (χ1v) is 10.3. The van der Waals surface area contributed by atoms with Gasteiger partial charge in [0.2, 0.25) is 0 Å². The first-order valence-electron chi connectivity index (χ1n) is 10.3. The van der Waals surface area contributed by atoms with Crippen LogP contribution in [-0.4, -0.2) is 24.1 Å². The van der Waals surface area contributed by atoms with E-state index in [-0.39, 0.29) is 23.0 Å². The number of nitrogens with two attached hydrogens (primary N) is 1. The predicted octanol–water partition coefficient (Wildman–Crippen LogP) is 5.33. The van der Waals surface area contributed by atoms with E-state index in [2.05, 4.69) is 10.6 Å². The first-order chi connectivity index (χ1) is 15.8. The van der Waals surface area contributed by atoms with E-state index in [1.165, 1.54) is 12.1 Å². The predicted molar refractivity (Wildman–Crippen MR) is 110 cm³/mol. The van der Waals surface area contributed by atoms with Crippen molar-refractivity contribution in [2.45, 2.75) is 50.2 Å². The summed E-state index contributed by atoms with van der Waals surface area (Å²) in [6, 6.07) is 5.78. The Balaban J connectivity index is 1.54. The van der Waals surface area contributed by atoms with E-state index < -0.39 is 41.5 Å². The molecule has 0 unspecified atom stereocenters. The Labute approximate surface area is 190 Å². The maximum absolute atomic E-state index is 12.9. The molecule has 0 atom stereocenters. The number of hydrogen-bond acceptors (Lipinski definition) is 3. The minimum Gasteiger partial charge on any atom is -0.490 e. The second kappa shape index (κ2) is 9.82. The number of alkyl halides is 6. The minimum absolute atomic E-state index is 0.00868. The number of halogens is 6. The number of rotatable bonds is 5. The molecule has 12 heteroatoms. The number of hydrogen-bond donors (Lipinski definition) is 3. The van der Waals surface area contributed by atoms with Crippen molar-refractivity contribution < 1.29 is 40.7 Å². The lowest BCUT2D eigenvalue weighted by Gasteiger charge is -2.30. The number of carbonyl (C=O) groups excluding carboxylic acids is 2. The van der Waals surface area contributed by atoms with Gasteiger partial charge in [-0.2, -0.15) is 26.3 Å². The number of amides is 3. The SMILES string of the molecule is NC(=O)c1cc(C(F)(F)F)ccc1OC1CCC(NC(=O)Nc2cccc(C(F)(F)F)c2)CC1. The van der Waals surface area contributed by atoms with Gasteiger partial charge in [0, 0.05) is 11.7 Å². The lowest BCUT2D eigenvalue weighted by atomic mass is 9.93. The number of primary amides is 1. The number of carbonyl (C=O) groups is 2. The summed E-state index contributed by atoms with van der Waals surface area (Å²) in [5.74, 6) is -1.11. The van der Waals surface area contributed by atoms with Crippen LogP contribution in [0.4, 0.5) is 36.8 Å². The van der Waals surface area contributed by atoms with Crippen LogP contribution >= 0.6 is 0 Å². The summed E-state index contributed by atoms with van der Waals surface area (Å²) < 4.78 is 82.8. The summed E-state index contributed by atoms with van der Waals surface area (Å²) in [6.07, 6.45) is -7.84. The second-order valence-corrected chi connectivity index (χ2v) is 7.84. The fraction of sp³-hybridized carbons (Fsp3) is 0.364. The summed E-state index contributed by atoms with van der Waals surface area (Å²) in [6.45, 7) is 0. The van der Waals surface area contributed by atoms with Gasteiger partial charge in [-0.05, 0) is 62.1 Å². The highest BCUT2D eigenvalue weighted by molar-refractivity contribution is 5.95. The third kappa shape index (κ3) is 6.55. The van der Waals surface area contributed by atoms with Crippen molar-refractivity contribution >= 4 is 17.6 Å². The molecule has 1 aliphatic carbocycles. The molecule has 2 aromatic rings. The van der Waals surface area contributed by atoms with Crippen LogP contribution in [0.1, 0.15) is 47.2 Å².